The highest BCUT2D eigenvalue weighted by molar-refractivity contribution is 7.16. The second-order valence-electron chi connectivity index (χ2n) is 6.93. The van der Waals surface area contributed by atoms with Gasteiger partial charge in [0.05, 0.1) is 24.1 Å². The summed E-state index contributed by atoms with van der Waals surface area (Å²) in [7, 11) is 1.63. The lowest BCUT2D eigenvalue weighted by atomic mass is 10.1. The number of carbonyl (C=O) groups is 1. The maximum absolute atomic E-state index is 12.8. The Hall–Kier alpha value is -2.38. The highest BCUT2D eigenvalue weighted by Gasteiger charge is 2.22. The quantitative estimate of drug-likeness (QED) is 0.597. The minimum absolute atomic E-state index is 0.299. The van der Waals surface area contributed by atoms with Gasteiger partial charge in [-0.2, -0.15) is 5.10 Å². The molecule has 0 atom stereocenters. The molecule has 0 aliphatic carbocycles. The average Bonchev–Trinajstić information content (AvgIpc) is 3.13. The number of hydrogen-bond acceptors (Lipinski definition) is 5. The zero-order chi connectivity index (χ0) is 20.4. The molecule has 3 aromatic rings. The molecule has 0 saturated heterocycles. The number of aromatic nitrogens is 3. The van der Waals surface area contributed by atoms with Crippen molar-refractivity contribution in [3.8, 4) is 17.0 Å². The summed E-state index contributed by atoms with van der Waals surface area (Å²) in [5.41, 5.74) is 2.79. The highest BCUT2D eigenvalue weighted by atomic mass is 35.5. The molecule has 3 rings (SSSR count). The van der Waals surface area contributed by atoms with Crippen LogP contribution in [0.1, 0.15) is 34.8 Å². The van der Waals surface area contributed by atoms with Crippen LogP contribution in [0.2, 0.25) is 5.15 Å². The Morgan fingerprint density at radius 3 is 2.57 bits per heavy atom. The average molecular weight is 419 g/mol. The molecule has 6 nitrogen and oxygen atoms in total. The molecule has 1 aromatic carbocycles. The number of anilines is 1. The normalized spacial score (nSPS) is 11.1. The van der Waals surface area contributed by atoms with Crippen LogP contribution in [0, 0.1) is 19.8 Å². The van der Waals surface area contributed by atoms with Crippen molar-refractivity contribution < 1.29 is 9.53 Å². The van der Waals surface area contributed by atoms with E-state index in [1.807, 2.05) is 31.2 Å². The van der Waals surface area contributed by atoms with E-state index in [9.17, 15) is 4.79 Å². The van der Waals surface area contributed by atoms with E-state index < -0.39 is 0 Å². The molecule has 8 heteroatoms. The Labute approximate surface area is 173 Å². The minimum Gasteiger partial charge on any atom is -0.497 e. The van der Waals surface area contributed by atoms with Crippen LogP contribution in [-0.2, 0) is 6.54 Å². The number of methoxy groups -OCH3 is 1. The number of halogens is 1. The van der Waals surface area contributed by atoms with E-state index >= 15 is 0 Å². The first kappa shape index (κ1) is 20.4. The second-order valence-corrected chi connectivity index (χ2v) is 8.49. The molecule has 28 heavy (non-hydrogen) atoms. The van der Waals surface area contributed by atoms with Crippen LogP contribution in [0.4, 0.5) is 5.13 Å². The number of thiazole rings is 1. The number of rotatable bonds is 6. The molecular weight excluding hydrogens is 396 g/mol. The first-order valence-electron chi connectivity index (χ1n) is 8.96. The lowest BCUT2D eigenvalue weighted by Gasteiger charge is -2.06. The van der Waals surface area contributed by atoms with Gasteiger partial charge in [0.15, 0.2) is 5.13 Å². The summed E-state index contributed by atoms with van der Waals surface area (Å²) in [6.07, 6.45) is 0. The monoisotopic (exact) mass is 418 g/mol. The maximum atomic E-state index is 12.8. The van der Waals surface area contributed by atoms with Crippen molar-refractivity contribution in [3.63, 3.8) is 0 Å². The molecule has 1 N–H and O–H groups in total. The van der Waals surface area contributed by atoms with Gasteiger partial charge in [0.2, 0.25) is 0 Å². The number of hydrogen-bond donors (Lipinski definition) is 1. The SMILES string of the molecule is COc1ccc(-c2nc(NC(=O)c3c(C)nn(CC(C)C)c3Cl)sc2C)cc1. The van der Waals surface area contributed by atoms with Crippen LogP contribution in [0.3, 0.4) is 0 Å². The van der Waals surface area contributed by atoms with Gasteiger partial charge in [-0.25, -0.2) is 4.98 Å². The number of nitrogens with one attached hydrogen (secondary N) is 1. The smallest absolute Gasteiger partial charge is 0.262 e. The second kappa shape index (κ2) is 8.32. The molecule has 0 spiro atoms. The van der Waals surface area contributed by atoms with Gasteiger partial charge in [0.1, 0.15) is 10.9 Å². The first-order valence-corrected chi connectivity index (χ1v) is 10.2. The van der Waals surface area contributed by atoms with Crippen molar-refractivity contribution in [2.75, 3.05) is 12.4 Å². The summed E-state index contributed by atoms with van der Waals surface area (Å²) in [6.45, 7) is 8.57. The van der Waals surface area contributed by atoms with Crippen LogP contribution in [-0.4, -0.2) is 27.8 Å². The highest BCUT2D eigenvalue weighted by Crippen LogP contribution is 2.32. The maximum Gasteiger partial charge on any atom is 0.262 e. The fraction of sp³-hybridized carbons (Fsp3) is 0.350. The number of benzene rings is 1. The van der Waals surface area contributed by atoms with E-state index in [0.717, 1.165) is 21.9 Å². The largest absolute Gasteiger partial charge is 0.497 e. The lowest BCUT2D eigenvalue weighted by molar-refractivity contribution is 0.102. The van der Waals surface area contributed by atoms with Gasteiger partial charge in [-0.15, -0.1) is 11.3 Å². The van der Waals surface area contributed by atoms with Crippen molar-refractivity contribution in [2.24, 2.45) is 5.92 Å². The van der Waals surface area contributed by atoms with Gasteiger partial charge >= 0.3 is 0 Å². The van der Waals surface area contributed by atoms with E-state index in [0.29, 0.717) is 34.0 Å². The Morgan fingerprint density at radius 1 is 1.29 bits per heavy atom. The fourth-order valence-corrected chi connectivity index (χ4v) is 4.06. The Bertz CT molecular complexity index is 993. The fourth-order valence-electron chi connectivity index (χ4n) is 2.90. The topological polar surface area (TPSA) is 69.0 Å². The van der Waals surface area contributed by atoms with Gasteiger partial charge in [-0.05, 0) is 44.0 Å². The van der Waals surface area contributed by atoms with Crippen LogP contribution < -0.4 is 10.1 Å². The van der Waals surface area contributed by atoms with E-state index in [4.69, 9.17) is 16.3 Å². The van der Waals surface area contributed by atoms with Gasteiger partial charge < -0.3 is 4.74 Å². The molecule has 148 valence electrons. The van der Waals surface area contributed by atoms with Crippen molar-refractivity contribution in [1.29, 1.82) is 0 Å². The molecule has 0 fully saturated rings. The van der Waals surface area contributed by atoms with Gasteiger partial charge in [0.25, 0.3) is 5.91 Å². The third-order valence-electron chi connectivity index (χ3n) is 4.21. The van der Waals surface area contributed by atoms with Crippen molar-refractivity contribution >= 4 is 34.0 Å². The van der Waals surface area contributed by atoms with Crippen molar-refractivity contribution in [3.05, 3.63) is 45.6 Å². The van der Waals surface area contributed by atoms with Crippen LogP contribution in [0.15, 0.2) is 24.3 Å². The molecule has 1 amide bonds. The lowest BCUT2D eigenvalue weighted by Crippen LogP contribution is -2.13. The Morgan fingerprint density at radius 2 is 1.96 bits per heavy atom. The minimum atomic E-state index is -0.299. The molecular formula is C20H23ClN4O2S. The predicted molar refractivity (Wildman–Crippen MR) is 114 cm³/mol. The third-order valence-corrected chi connectivity index (χ3v) is 5.48. The van der Waals surface area contributed by atoms with Crippen LogP contribution >= 0.6 is 22.9 Å². The van der Waals surface area contributed by atoms with E-state index in [2.05, 4.69) is 29.2 Å². The van der Waals surface area contributed by atoms with Crippen LogP contribution in [0.25, 0.3) is 11.3 Å². The molecule has 0 unspecified atom stereocenters. The summed E-state index contributed by atoms with van der Waals surface area (Å²) in [5, 5.41) is 8.14. The molecule has 2 aromatic heterocycles. The molecule has 0 aliphatic heterocycles. The van der Waals surface area contributed by atoms with Crippen molar-refractivity contribution in [1.82, 2.24) is 14.8 Å². The molecule has 0 radical (unpaired) electrons. The predicted octanol–water partition coefficient (Wildman–Crippen LogP) is 5.19. The van der Waals surface area contributed by atoms with E-state index in [-0.39, 0.29) is 5.91 Å². The standard InChI is InChI=1S/C20H23ClN4O2S/c1-11(2)10-25-18(21)16(12(3)24-25)19(26)23-20-22-17(13(4)28-20)14-6-8-15(27-5)9-7-14/h6-9,11H,10H2,1-5H3,(H,22,23,26). The summed E-state index contributed by atoms with van der Waals surface area (Å²) in [6, 6.07) is 7.67. The Balaban J connectivity index is 1.83. The van der Waals surface area contributed by atoms with E-state index in [1.54, 1.807) is 18.7 Å². The number of amides is 1. The molecule has 2 heterocycles. The molecule has 0 saturated carbocycles. The zero-order valence-corrected chi connectivity index (χ0v) is 18.1. The number of carbonyl (C=O) groups excluding carboxylic acids is 1. The summed E-state index contributed by atoms with van der Waals surface area (Å²) < 4.78 is 6.87. The number of ether oxygens (including phenoxy) is 1. The van der Waals surface area contributed by atoms with Gasteiger partial charge in [-0.1, -0.05) is 25.4 Å². The summed E-state index contributed by atoms with van der Waals surface area (Å²) in [4.78, 5) is 18.4. The number of aryl methyl sites for hydroxylation is 2. The summed E-state index contributed by atoms with van der Waals surface area (Å²) in [5.74, 6) is 0.864. The third kappa shape index (κ3) is 4.20. The number of nitrogens with zero attached hydrogens (tertiary/aromatic N) is 3. The zero-order valence-electron chi connectivity index (χ0n) is 16.5. The van der Waals surface area contributed by atoms with E-state index in [1.165, 1.54) is 11.3 Å². The molecule has 0 aliphatic rings. The van der Waals surface area contributed by atoms with Gasteiger partial charge in [0, 0.05) is 17.0 Å². The first-order chi connectivity index (χ1) is 13.3. The Kier molecular flexibility index (Phi) is 6.05. The van der Waals surface area contributed by atoms with Crippen LogP contribution in [0.5, 0.6) is 5.75 Å². The molecule has 0 bridgehead atoms. The van der Waals surface area contributed by atoms with Crippen molar-refractivity contribution in [2.45, 2.75) is 34.2 Å². The summed E-state index contributed by atoms with van der Waals surface area (Å²) >= 11 is 7.83. The van der Waals surface area contributed by atoms with Gasteiger partial charge in [-0.3, -0.25) is 14.8 Å².